The van der Waals surface area contributed by atoms with Gasteiger partial charge < -0.3 is 5.73 Å². The Bertz CT molecular complexity index is 593. The van der Waals surface area contributed by atoms with Gasteiger partial charge >= 0.3 is 5.69 Å². The van der Waals surface area contributed by atoms with Gasteiger partial charge in [0.05, 0.1) is 16.4 Å². The molecule has 19 heavy (non-hydrogen) atoms. The molecule has 106 valence electrons. The van der Waals surface area contributed by atoms with Crippen LogP contribution in [0.3, 0.4) is 0 Å². The van der Waals surface area contributed by atoms with E-state index in [9.17, 15) is 22.9 Å². The fourth-order valence-corrected chi connectivity index (χ4v) is 3.61. The number of hydrogen-bond donors (Lipinski definition) is 1. The van der Waals surface area contributed by atoms with Crippen LogP contribution in [0.15, 0.2) is 18.2 Å². The summed E-state index contributed by atoms with van der Waals surface area (Å²) in [6, 6.07) is 3.45. The largest absolute Gasteiger partial charge is 0.325 e. The molecular weight excluding hydrogens is 275 g/mol. The molecule has 2 N–H and O–H groups in total. The number of nitrogens with zero attached hydrogens (tertiary/aromatic N) is 1. The van der Waals surface area contributed by atoms with Gasteiger partial charge in [-0.1, -0.05) is 12.1 Å². The third-order valence-electron chi connectivity index (χ3n) is 2.22. The quantitative estimate of drug-likeness (QED) is 0.652. The Morgan fingerprint density at radius 1 is 1.42 bits per heavy atom. The van der Waals surface area contributed by atoms with Crippen LogP contribution in [-0.2, 0) is 15.6 Å². The molecule has 0 spiro atoms. The summed E-state index contributed by atoms with van der Waals surface area (Å²) >= 11 is 0. The summed E-state index contributed by atoms with van der Waals surface area (Å²) in [6.07, 6.45) is 0. The van der Waals surface area contributed by atoms with Crippen molar-refractivity contribution in [3.8, 4) is 0 Å². The van der Waals surface area contributed by atoms with E-state index in [-0.39, 0.29) is 11.3 Å². The number of sulfone groups is 1. The van der Waals surface area contributed by atoms with E-state index < -0.39 is 37.6 Å². The van der Waals surface area contributed by atoms with Crippen molar-refractivity contribution in [2.75, 3.05) is 5.75 Å². The molecule has 0 atom stereocenters. The molecular formula is C11H15FN2O4S. The number of halogens is 1. The predicted molar refractivity (Wildman–Crippen MR) is 68.8 cm³/mol. The molecule has 0 aliphatic heterocycles. The Morgan fingerprint density at radius 2 is 2.00 bits per heavy atom. The van der Waals surface area contributed by atoms with E-state index in [0.717, 1.165) is 6.07 Å². The molecule has 0 saturated heterocycles. The number of rotatable bonds is 5. The van der Waals surface area contributed by atoms with Crippen molar-refractivity contribution in [3.05, 3.63) is 39.7 Å². The second-order valence-corrected chi connectivity index (χ2v) is 7.09. The van der Waals surface area contributed by atoms with Gasteiger partial charge in [-0.15, -0.1) is 0 Å². The maximum atomic E-state index is 13.7. The maximum absolute atomic E-state index is 13.7. The van der Waals surface area contributed by atoms with Gasteiger partial charge in [-0.25, -0.2) is 8.42 Å². The number of nitro groups is 1. The van der Waals surface area contributed by atoms with E-state index in [1.165, 1.54) is 26.0 Å². The molecule has 0 fully saturated rings. The first kappa shape index (κ1) is 15.5. The second kappa shape index (κ2) is 5.22. The van der Waals surface area contributed by atoms with Crippen molar-refractivity contribution in [1.29, 1.82) is 0 Å². The molecule has 0 aromatic heterocycles. The second-order valence-electron chi connectivity index (χ2n) is 5.03. The molecule has 8 heteroatoms. The van der Waals surface area contributed by atoms with E-state index in [2.05, 4.69) is 0 Å². The topological polar surface area (TPSA) is 103 Å². The Balaban J connectivity index is 3.07. The van der Waals surface area contributed by atoms with Crippen LogP contribution < -0.4 is 5.73 Å². The van der Waals surface area contributed by atoms with Crippen LogP contribution in [0.5, 0.6) is 0 Å². The zero-order valence-corrected chi connectivity index (χ0v) is 11.4. The van der Waals surface area contributed by atoms with Crippen molar-refractivity contribution in [2.24, 2.45) is 5.73 Å². The Labute approximate surface area is 110 Å². The lowest BCUT2D eigenvalue weighted by Crippen LogP contribution is -2.40. The lowest BCUT2D eigenvalue weighted by Gasteiger charge is -2.18. The summed E-state index contributed by atoms with van der Waals surface area (Å²) in [5, 5.41) is 10.6. The van der Waals surface area contributed by atoms with Crippen molar-refractivity contribution < 1.29 is 17.7 Å². The van der Waals surface area contributed by atoms with Crippen molar-refractivity contribution in [1.82, 2.24) is 0 Å². The first-order valence-corrected chi connectivity index (χ1v) is 7.25. The third-order valence-corrected chi connectivity index (χ3v) is 4.16. The van der Waals surface area contributed by atoms with Crippen LogP contribution in [0.1, 0.15) is 19.4 Å². The molecule has 0 amide bonds. The van der Waals surface area contributed by atoms with Gasteiger partial charge in [0.1, 0.15) is 0 Å². The van der Waals surface area contributed by atoms with Gasteiger partial charge in [0.2, 0.25) is 5.82 Å². The average Bonchev–Trinajstić information content (AvgIpc) is 2.16. The van der Waals surface area contributed by atoms with Crippen molar-refractivity contribution >= 4 is 15.5 Å². The Hall–Kier alpha value is -1.54. The van der Waals surface area contributed by atoms with Gasteiger partial charge in [-0.3, -0.25) is 10.1 Å². The molecule has 0 heterocycles. The number of hydrogen-bond acceptors (Lipinski definition) is 5. The number of nitro benzene ring substituents is 1. The van der Waals surface area contributed by atoms with E-state index in [1.54, 1.807) is 0 Å². The van der Waals surface area contributed by atoms with E-state index in [1.807, 2.05) is 0 Å². The minimum absolute atomic E-state index is 0.224. The molecule has 0 aliphatic rings. The highest BCUT2D eigenvalue weighted by Crippen LogP contribution is 2.22. The number of nitrogens with two attached hydrogens (primary N) is 1. The van der Waals surface area contributed by atoms with Gasteiger partial charge in [-0.2, -0.15) is 4.39 Å². The predicted octanol–water partition coefficient (Wildman–Crippen LogP) is 1.39. The van der Waals surface area contributed by atoms with Gasteiger partial charge in [0.25, 0.3) is 0 Å². The van der Waals surface area contributed by atoms with Gasteiger partial charge in [0, 0.05) is 17.2 Å². The molecule has 1 aromatic rings. The van der Waals surface area contributed by atoms with Crippen LogP contribution in [0.2, 0.25) is 0 Å². The van der Waals surface area contributed by atoms with Crippen LogP contribution in [-0.4, -0.2) is 24.6 Å². The standard InChI is InChI=1S/C11H15FN2O4S/c1-11(2,13)7-19(17,18)6-8-4-3-5-9(10(8)12)14(15)16/h3-5H,6-7,13H2,1-2H3. The number of benzene rings is 1. The first-order chi connectivity index (χ1) is 8.52. The highest BCUT2D eigenvalue weighted by Gasteiger charge is 2.25. The minimum Gasteiger partial charge on any atom is -0.325 e. The molecule has 0 unspecified atom stereocenters. The SMILES string of the molecule is CC(C)(N)CS(=O)(=O)Cc1cccc([N+](=O)[O-])c1F. The van der Waals surface area contributed by atoms with Crippen molar-refractivity contribution in [2.45, 2.75) is 25.1 Å². The lowest BCUT2D eigenvalue weighted by molar-refractivity contribution is -0.387. The molecule has 1 aromatic carbocycles. The summed E-state index contributed by atoms with van der Waals surface area (Å²) < 4.78 is 37.4. The lowest BCUT2D eigenvalue weighted by atomic mass is 10.1. The summed E-state index contributed by atoms with van der Waals surface area (Å²) in [4.78, 5) is 9.67. The molecule has 0 radical (unpaired) electrons. The third kappa shape index (κ3) is 4.56. The van der Waals surface area contributed by atoms with Crippen LogP contribution in [0.25, 0.3) is 0 Å². The fourth-order valence-electron chi connectivity index (χ4n) is 1.67. The summed E-state index contributed by atoms with van der Waals surface area (Å²) in [5.41, 5.74) is 3.70. The molecule has 1 rings (SSSR count). The molecule has 6 nitrogen and oxygen atoms in total. The maximum Gasteiger partial charge on any atom is 0.305 e. The van der Waals surface area contributed by atoms with Crippen molar-refractivity contribution in [3.63, 3.8) is 0 Å². The van der Waals surface area contributed by atoms with E-state index in [0.29, 0.717) is 0 Å². The summed E-state index contributed by atoms with van der Waals surface area (Å²) in [6.45, 7) is 3.07. The highest BCUT2D eigenvalue weighted by molar-refractivity contribution is 7.90. The zero-order valence-electron chi connectivity index (χ0n) is 10.6. The van der Waals surface area contributed by atoms with Crippen LogP contribution >= 0.6 is 0 Å². The highest BCUT2D eigenvalue weighted by atomic mass is 32.2. The molecule has 0 aliphatic carbocycles. The normalized spacial score (nSPS) is 12.4. The smallest absolute Gasteiger partial charge is 0.305 e. The monoisotopic (exact) mass is 290 g/mol. The zero-order chi connectivity index (χ0) is 14.8. The van der Waals surface area contributed by atoms with E-state index >= 15 is 0 Å². The summed E-state index contributed by atoms with van der Waals surface area (Å²) in [7, 11) is -3.64. The Kier molecular flexibility index (Phi) is 4.26. The molecule has 0 bridgehead atoms. The first-order valence-electron chi connectivity index (χ1n) is 5.43. The van der Waals surface area contributed by atoms with Crippen LogP contribution in [0, 0.1) is 15.9 Å². The average molecular weight is 290 g/mol. The Morgan fingerprint density at radius 3 is 2.47 bits per heavy atom. The van der Waals surface area contributed by atoms with Gasteiger partial charge in [0.15, 0.2) is 9.84 Å². The van der Waals surface area contributed by atoms with E-state index in [4.69, 9.17) is 5.73 Å². The van der Waals surface area contributed by atoms with Gasteiger partial charge in [-0.05, 0) is 13.8 Å². The fraction of sp³-hybridized carbons (Fsp3) is 0.455. The van der Waals surface area contributed by atoms with Crippen LogP contribution in [0.4, 0.5) is 10.1 Å². The summed E-state index contributed by atoms with van der Waals surface area (Å²) in [5.74, 6) is -2.06. The minimum atomic E-state index is -3.64. The molecule has 0 saturated carbocycles.